The van der Waals surface area contributed by atoms with Crippen LogP contribution in [0.25, 0.3) is 0 Å². The SMILES string of the molecule is Nc1[nH]c(=O)nc2c1CCO2. The molecule has 0 aromatic carbocycles. The Balaban J connectivity index is 2.70. The smallest absolute Gasteiger partial charge is 0.349 e. The summed E-state index contributed by atoms with van der Waals surface area (Å²) < 4.78 is 5.05. The van der Waals surface area contributed by atoms with Gasteiger partial charge in [-0.05, 0) is 0 Å². The van der Waals surface area contributed by atoms with Crippen LogP contribution < -0.4 is 16.2 Å². The van der Waals surface area contributed by atoms with E-state index in [9.17, 15) is 4.79 Å². The highest BCUT2D eigenvalue weighted by atomic mass is 16.5. The number of fused-ring (bicyclic) bond motifs is 1. The van der Waals surface area contributed by atoms with Gasteiger partial charge in [0.15, 0.2) is 0 Å². The van der Waals surface area contributed by atoms with Gasteiger partial charge in [0.1, 0.15) is 5.82 Å². The zero-order valence-electron chi connectivity index (χ0n) is 5.76. The van der Waals surface area contributed by atoms with Crippen LogP contribution in [0.15, 0.2) is 4.79 Å². The summed E-state index contributed by atoms with van der Waals surface area (Å²) in [5, 5.41) is 0. The summed E-state index contributed by atoms with van der Waals surface area (Å²) in [6.07, 6.45) is 0.727. The molecule has 2 rings (SSSR count). The summed E-state index contributed by atoms with van der Waals surface area (Å²) in [5.41, 5.74) is 5.85. The first-order valence-corrected chi connectivity index (χ1v) is 3.29. The third kappa shape index (κ3) is 0.849. The molecule has 11 heavy (non-hydrogen) atoms. The van der Waals surface area contributed by atoms with Gasteiger partial charge in [0, 0.05) is 6.42 Å². The third-order valence-corrected chi connectivity index (χ3v) is 1.62. The number of hydrogen-bond acceptors (Lipinski definition) is 4. The van der Waals surface area contributed by atoms with Crippen molar-refractivity contribution in [3.05, 3.63) is 16.0 Å². The summed E-state index contributed by atoms with van der Waals surface area (Å²) in [6, 6.07) is 0. The quantitative estimate of drug-likeness (QED) is 0.515. The van der Waals surface area contributed by atoms with Gasteiger partial charge in [-0.15, -0.1) is 0 Å². The maximum atomic E-state index is 10.7. The maximum absolute atomic E-state index is 10.7. The van der Waals surface area contributed by atoms with Crippen LogP contribution in [-0.4, -0.2) is 16.6 Å². The minimum Gasteiger partial charge on any atom is -0.477 e. The molecule has 0 saturated carbocycles. The van der Waals surface area contributed by atoms with Gasteiger partial charge >= 0.3 is 5.69 Å². The lowest BCUT2D eigenvalue weighted by molar-refractivity contribution is 0.343. The van der Waals surface area contributed by atoms with Crippen LogP contribution >= 0.6 is 0 Å². The zero-order chi connectivity index (χ0) is 7.84. The number of nitrogens with one attached hydrogen (secondary N) is 1. The fraction of sp³-hybridized carbons (Fsp3) is 0.333. The van der Waals surface area contributed by atoms with E-state index < -0.39 is 5.69 Å². The first-order valence-electron chi connectivity index (χ1n) is 3.29. The second kappa shape index (κ2) is 1.98. The molecule has 0 saturated heterocycles. The second-order valence-corrected chi connectivity index (χ2v) is 2.34. The Labute approximate surface area is 62.2 Å². The van der Waals surface area contributed by atoms with Crippen LogP contribution in [0.4, 0.5) is 5.82 Å². The van der Waals surface area contributed by atoms with Gasteiger partial charge in [0.25, 0.3) is 0 Å². The van der Waals surface area contributed by atoms with Crippen molar-refractivity contribution < 1.29 is 4.74 Å². The normalized spacial score (nSPS) is 14.2. The fourth-order valence-electron chi connectivity index (χ4n) is 1.10. The number of anilines is 1. The first kappa shape index (κ1) is 6.21. The number of nitrogen functional groups attached to an aromatic ring is 1. The van der Waals surface area contributed by atoms with Gasteiger partial charge in [0.2, 0.25) is 5.88 Å². The van der Waals surface area contributed by atoms with Crippen molar-refractivity contribution in [1.29, 1.82) is 0 Å². The number of nitrogens with zero attached hydrogens (tertiary/aromatic N) is 1. The molecule has 0 aliphatic carbocycles. The summed E-state index contributed by atoms with van der Waals surface area (Å²) in [4.78, 5) is 16.7. The zero-order valence-corrected chi connectivity index (χ0v) is 5.76. The molecule has 5 nitrogen and oxygen atoms in total. The Hall–Kier alpha value is -1.52. The van der Waals surface area contributed by atoms with Gasteiger partial charge in [0.05, 0.1) is 12.2 Å². The van der Waals surface area contributed by atoms with Crippen LogP contribution in [0, 0.1) is 0 Å². The molecule has 1 aromatic heterocycles. The van der Waals surface area contributed by atoms with E-state index in [1.165, 1.54) is 0 Å². The molecule has 0 bridgehead atoms. The summed E-state index contributed by atoms with van der Waals surface area (Å²) in [7, 11) is 0. The van der Waals surface area contributed by atoms with Crippen LogP contribution in [0.5, 0.6) is 5.88 Å². The topological polar surface area (TPSA) is 81.0 Å². The third-order valence-electron chi connectivity index (χ3n) is 1.62. The van der Waals surface area contributed by atoms with Crippen LogP contribution in [0.1, 0.15) is 5.56 Å². The van der Waals surface area contributed by atoms with Crippen molar-refractivity contribution in [2.45, 2.75) is 6.42 Å². The van der Waals surface area contributed by atoms with Crippen LogP contribution in [0.3, 0.4) is 0 Å². The van der Waals surface area contributed by atoms with E-state index in [4.69, 9.17) is 10.5 Å². The number of aromatic nitrogens is 2. The minimum atomic E-state index is -0.455. The second-order valence-electron chi connectivity index (χ2n) is 2.34. The molecule has 58 valence electrons. The summed E-state index contributed by atoms with van der Waals surface area (Å²) in [5.74, 6) is 0.753. The van der Waals surface area contributed by atoms with E-state index in [1.807, 2.05) is 0 Å². The lowest BCUT2D eigenvalue weighted by Gasteiger charge is -1.97. The minimum absolute atomic E-state index is 0.373. The van der Waals surface area contributed by atoms with Gasteiger partial charge in [-0.3, -0.25) is 4.98 Å². The first-order chi connectivity index (χ1) is 5.27. The Morgan fingerprint density at radius 2 is 2.45 bits per heavy atom. The molecule has 0 amide bonds. The molecule has 3 N–H and O–H groups in total. The van der Waals surface area contributed by atoms with Crippen molar-refractivity contribution >= 4 is 5.82 Å². The lowest BCUT2D eigenvalue weighted by Crippen LogP contribution is -2.13. The number of H-pyrrole nitrogens is 1. The van der Waals surface area contributed by atoms with Gasteiger partial charge in [-0.25, -0.2) is 4.79 Å². The predicted octanol–water partition coefficient (Wildman–Crippen LogP) is -0.713. The Morgan fingerprint density at radius 1 is 1.64 bits per heavy atom. The molecule has 1 aliphatic rings. The predicted molar refractivity (Wildman–Crippen MR) is 38.5 cm³/mol. The van der Waals surface area contributed by atoms with E-state index in [2.05, 4.69) is 9.97 Å². The average Bonchev–Trinajstić information content (AvgIpc) is 2.34. The molecular weight excluding hydrogens is 146 g/mol. The molecular formula is C6H7N3O2. The maximum Gasteiger partial charge on any atom is 0.349 e. The highest BCUT2D eigenvalue weighted by molar-refractivity contribution is 5.46. The number of rotatable bonds is 0. The Bertz CT molecular complexity index is 344. The standard InChI is InChI=1S/C6H7N3O2/c7-4-3-1-2-11-5(3)9-6(10)8-4/h1-2H2,(H3,7,8,9,10). The molecule has 1 aromatic rings. The molecule has 0 spiro atoms. The van der Waals surface area contributed by atoms with Gasteiger partial charge in [-0.1, -0.05) is 0 Å². The highest BCUT2D eigenvalue weighted by Crippen LogP contribution is 2.23. The van der Waals surface area contributed by atoms with E-state index in [0.717, 1.165) is 12.0 Å². The average molecular weight is 153 g/mol. The van der Waals surface area contributed by atoms with Crippen LogP contribution in [-0.2, 0) is 6.42 Å². The molecule has 5 heteroatoms. The van der Waals surface area contributed by atoms with E-state index >= 15 is 0 Å². The molecule has 0 atom stereocenters. The molecule has 0 fully saturated rings. The van der Waals surface area contributed by atoms with E-state index in [-0.39, 0.29) is 0 Å². The van der Waals surface area contributed by atoms with E-state index in [0.29, 0.717) is 18.3 Å². The number of aromatic amines is 1. The monoisotopic (exact) mass is 153 g/mol. The van der Waals surface area contributed by atoms with Gasteiger partial charge < -0.3 is 10.5 Å². The Kier molecular flexibility index (Phi) is 1.12. The van der Waals surface area contributed by atoms with Crippen molar-refractivity contribution in [2.24, 2.45) is 0 Å². The summed E-state index contributed by atoms with van der Waals surface area (Å²) in [6.45, 7) is 0.559. The lowest BCUT2D eigenvalue weighted by atomic mass is 10.2. The fourth-order valence-corrected chi connectivity index (χ4v) is 1.10. The number of ether oxygens (including phenoxy) is 1. The van der Waals surface area contributed by atoms with E-state index in [1.54, 1.807) is 0 Å². The molecule has 0 radical (unpaired) electrons. The molecule has 1 aliphatic heterocycles. The van der Waals surface area contributed by atoms with Crippen LogP contribution in [0.2, 0.25) is 0 Å². The van der Waals surface area contributed by atoms with Crippen molar-refractivity contribution in [1.82, 2.24) is 9.97 Å². The number of hydrogen-bond donors (Lipinski definition) is 2. The van der Waals surface area contributed by atoms with Gasteiger partial charge in [-0.2, -0.15) is 4.98 Å². The largest absolute Gasteiger partial charge is 0.477 e. The van der Waals surface area contributed by atoms with Crippen molar-refractivity contribution in [3.8, 4) is 5.88 Å². The Morgan fingerprint density at radius 3 is 3.27 bits per heavy atom. The summed E-state index contributed by atoms with van der Waals surface area (Å²) >= 11 is 0. The van der Waals surface area contributed by atoms with Crippen molar-refractivity contribution in [3.63, 3.8) is 0 Å². The molecule has 2 heterocycles. The highest BCUT2D eigenvalue weighted by Gasteiger charge is 2.17. The van der Waals surface area contributed by atoms with Crippen molar-refractivity contribution in [2.75, 3.05) is 12.3 Å². The molecule has 0 unspecified atom stereocenters. The number of nitrogens with two attached hydrogens (primary N) is 1.